The van der Waals surface area contributed by atoms with Crippen molar-refractivity contribution >= 4 is 28.2 Å². The van der Waals surface area contributed by atoms with Gasteiger partial charge in [-0.05, 0) is 42.3 Å². The van der Waals surface area contributed by atoms with Gasteiger partial charge in [-0.1, -0.05) is 6.07 Å². The lowest BCUT2D eigenvalue weighted by molar-refractivity contribution is 0.112. The number of fused-ring (bicyclic) bond motifs is 3. The fourth-order valence-corrected chi connectivity index (χ4v) is 2.20. The molecule has 3 aromatic rings. The number of aldehydes is 1. The fraction of sp³-hybridized carbons (Fsp3) is 0.133. The van der Waals surface area contributed by atoms with Crippen LogP contribution in [0, 0.1) is 0 Å². The molecular formula is C15H12O3. The van der Waals surface area contributed by atoms with Crippen LogP contribution in [0.5, 0.6) is 0 Å². The molecule has 2 aromatic carbocycles. The molecule has 1 N–H and O–H groups in total. The molecule has 1 heterocycles. The highest BCUT2D eigenvalue weighted by Gasteiger charge is 2.08. The van der Waals surface area contributed by atoms with E-state index in [4.69, 9.17) is 9.52 Å². The van der Waals surface area contributed by atoms with Crippen LogP contribution in [0.2, 0.25) is 0 Å². The molecule has 90 valence electrons. The number of hydrogen-bond donors (Lipinski definition) is 1. The number of rotatable bonds is 3. The van der Waals surface area contributed by atoms with Gasteiger partial charge in [-0.15, -0.1) is 0 Å². The zero-order chi connectivity index (χ0) is 12.5. The molecule has 0 spiro atoms. The van der Waals surface area contributed by atoms with Crippen LogP contribution in [-0.4, -0.2) is 18.0 Å². The third kappa shape index (κ3) is 1.69. The van der Waals surface area contributed by atoms with Gasteiger partial charge in [0.2, 0.25) is 0 Å². The zero-order valence-corrected chi connectivity index (χ0v) is 9.72. The maximum Gasteiger partial charge on any atom is 0.150 e. The Kier molecular flexibility index (Phi) is 2.61. The van der Waals surface area contributed by atoms with Crippen LogP contribution in [0.1, 0.15) is 15.9 Å². The summed E-state index contributed by atoms with van der Waals surface area (Å²) in [5.74, 6) is 0. The molecule has 0 aliphatic carbocycles. The summed E-state index contributed by atoms with van der Waals surface area (Å²) in [6.45, 7) is 0.126. The lowest BCUT2D eigenvalue weighted by atomic mass is 10.1. The second-order valence-corrected chi connectivity index (χ2v) is 4.28. The summed E-state index contributed by atoms with van der Waals surface area (Å²) < 4.78 is 5.71. The summed E-state index contributed by atoms with van der Waals surface area (Å²) in [5.41, 5.74) is 3.27. The summed E-state index contributed by atoms with van der Waals surface area (Å²) >= 11 is 0. The van der Waals surface area contributed by atoms with Crippen molar-refractivity contribution in [2.24, 2.45) is 0 Å². The Morgan fingerprint density at radius 3 is 2.50 bits per heavy atom. The molecule has 0 atom stereocenters. The second kappa shape index (κ2) is 4.27. The molecule has 0 fully saturated rings. The van der Waals surface area contributed by atoms with Gasteiger partial charge in [0.15, 0.2) is 0 Å². The first-order chi connectivity index (χ1) is 8.81. The van der Waals surface area contributed by atoms with E-state index < -0.39 is 0 Å². The molecule has 0 amide bonds. The first kappa shape index (κ1) is 11.0. The molecular weight excluding hydrogens is 228 g/mol. The van der Waals surface area contributed by atoms with E-state index in [0.717, 1.165) is 33.8 Å². The predicted octanol–water partition coefficient (Wildman–Crippen LogP) is 2.93. The average molecular weight is 240 g/mol. The minimum atomic E-state index is 0.126. The van der Waals surface area contributed by atoms with E-state index in [1.807, 2.05) is 30.3 Å². The van der Waals surface area contributed by atoms with Gasteiger partial charge in [-0.2, -0.15) is 0 Å². The highest BCUT2D eigenvalue weighted by atomic mass is 16.3. The minimum Gasteiger partial charge on any atom is -0.456 e. The predicted molar refractivity (Wildman–Crippen MR) is 69.9 cm³/mol. The minimum absolute atomic E-state index is 0.126. The molecule has 0 saturated carbocycles. The SMILES string of the molecule is O=Cc1ccc2oc3ccc(CCO)cc3c2c1. The first-order valence-electron chi connectivity index (χ1n) is 5.83. The quantitative estimate of drug-likeness (QED) is 0.716. The van der Waals surface area contributed by atoms with Gasteiger partial charge < -0.3 is 9.52 Å². The zero-order valence-electron chi connectivity index (χ0n) is 9.72. The maximum atomic E-state index is 10.8. The highest BCUT2D eigenvalue weighted by Crippen LogP contribution is 2.30. The summed E-state index contributed by atoms with van der Waals surface area (Å²) in [7, 11) is 0. The van der Waals surface area contributed by atoms with Crippen molar-refractivity contribution in [1.82, 2.24) is 0 Å². The third-order valence-electron chi connectivity index (χ3n) is 3.09. The van der Waals surface area contributed by atoms with Crippen LogP contribution in [0.3, 0.4) is 0 Å². The monoisotopic (exact) mass is 240 g/mol. The van der Waals surface area contributed by atoms with Gasteiger partial charge >= 0.3 is 0 Å². The van der Waals surface area contributed by atoms with Gasteiger partial charge in [0, 0.05) is 22.9 Å². The van der Waals surface area contributed by atoms with Crippen molar-refractivity contribution in [3.8, 4) is 0 Å². The van der Waals surface area contributed by atoms with E-state index in [0.29, 0.717) is 12.0 Å². The number of hydrogen-bond acceptors (Lipinski definition) is 3. The van der Waals surface area contributed by atoms with Crippen molar-refractivity contribution in [2.75, 3.05) is 6.61 Å². The molecule has 0 unspecified atom stereocenters. The van der Waals surface area contributed by atoms with E-state index in [1.54, 1.807) is 6.07 Å². The summed E-state index contributed by atoms with van der Waals surface area (Å²) in [6, 6.07) is 11.2. The summed E-state index contributed by atoms with van der Waals surface area (Å²) in [6.07, 6.45) is 1.45. The van der Waals surface area contributed by atoms with Crippen LogP contribution in [0.25, 0.3) is 21.9 Å². The van der Waals surface area contributed by atoms with Crippen LogP contribution >= 0.6 is 0 Å². The van der Waals surface area contributed by atoms with E-state index >= 15 is 0 Å². The molecule has 0 aliphatic rings. The fourth-order valence-electron chi connectivity index (χ4n) is 2.20. The highest BCUT2D eigenvalue weighted by molar-refractivity contribution is 6.06. The van der Waals surface area contributed by atoms with Gasteiger partial charge in [0.25, 0.3) is 0 Å². The smallest absolute Gasteiger partial charge is 0.150 e. The van der Waals surface area contributed by atoms with Crippen LogP contribution in [0.15, 0.2) is 40.8 Å². The van der Waals surface area contributed by atoms with E-state index in [-0.39, 0.29) is 6.61 Å². The Bertz CT molecular complexity index is 725. The normalized spacial score (nSPS) is 11.2. The molecule has 3 heteroatoms. The van der Waals surface area contributed by atoms with Crippen molar-refractivity contribution in [3.05, 3.63) is 47.5 Å². The Morgan fingerprint density at radius 1 is 1.06 bits per heavy atom. The Balaban J connectivity index is 2.30. The molecule has 18 heavy (non-hydrogen) atoms. The number of carbonyl (C=O) groups excluding carboxylic acids is 1. The van der Waals surface area contributed by atoms with Gasteiger partial charge in [0.1, 0.15) is 17.5 Å². The molecule has 0 radical (unpaired) electrons. The first-order valence-corrected chi connectivity index (χ1v) is 5.83. The molecule has 3 rings (SSSR count). The molecule has 1 aromatic heterocycles. The maximum absolute atomic E-state index is 10.8. The molecule has 0 aliphatic heterocycles. The van der Waals surface area contributed by atoms with Gasteiger partial charge in [0.05, 0.1) is 0 Å². The Hall–Kier alpha value is -2.13. The summed E-state index contributed by atoms with van der Waals surface area (Å²) in [5, 5.41) is 10.9. The van der Waals surface area contributed by atoms with E-state index in [1.165, 1.54) is 0 Å². The molecule has 0 saturated heterocycles. The number of furan rings is 1. The van der Waals surface area contributed by atoms with Crippen molar-refractivity contribution in [1.29, 1.82) is 0 Å². The lowest BCUT2D eigenvalue weighted by Crippen LogP contribution is -1.89. The Morgan fingerprint density at radius 2 is 1.78 bits per heavy atom. The molecule has 3 nitrogen and oxygen atoms in total. The van der Waals surface area contributed by atoms with Gasteiger partial charge in [-0.3, -0.25) is 4.79 Å². The van der Waals surface area contributed by atoms with E-state index in [9.17, 15) is 4.79 Å². The third-order valence-corrected chi connectivity index (χ3v) is 3.09. The number of carbonyl (C=O) groups is 1. The standard InChI is InChI=1S/C15H12O3/c16-6-5-10-1-3-14-12(7-10)13-8-11(9-17)2-4-15(13)18-14/h1-4,7-9,16H,5-6H2. The number of aliphatic hydroxyl groups is 1. The van der Waals surface area contributed by atoms with Crippen molar-refractivity contribution in [3.63, 3.8) is 0 Å². The Labute approximate surface area is 104 Å². The lowest BCUT2D eigenvalue weighted by Gasteiger charge is -1.97. The van der Waals surface area contributed by atoms with Crippen LogP contribution in [-0.2, 0) is 6.42 Å². The number of aliphatic hydroxyl groups excluding tert-OH is 1. The average Bonchev–Trinajstić information content (AvgIpc) is 2.76. The number of benzene rings is 2. The van der Waals surface area contributed by atoms with Gasteiger partial charge in [-0.25, -0.2) is 0 Å². The molecule has 0 bridgehead atoms. The van der Waals surface area contributed by atoms with Crippen LogP contribution in [0.4, 0.5) is 0 Å². The largest absolute Gasteiger partial charge is 0.456 e. The topological polar surface area (TPSA) is 50.4 Å². The summed E-state index contributed by atoms with van der Waals surface area (Å²) in [4.78, 5) is 10.8. The van der Waals surface area contributed by atoms with Crippen molar-refractivity contribution in [2.45, 2.75) is 6.42 Å². The van der Waals surface area contributed by atoms with E-state index in [2.05, 4.69) is 0 Å². The van der Waals surface area contributed by atoms with Crippen molar-refractivity contribution < 1.29 is 14.3 Å². The van der Waals surface area contributed by atoms with Crippen LogP contribution < -0.4 is 0 Å². The second-order valence-electron chi connectivity index (χ2n) is 4.28.